The number of rotatable bonds is 4. The van der Waals surface area contributed by atoms with Gasteiger partial charge in [0.25, 0.3) is 0 Å². The van der Waals surface area contributed by atoms with Crippen molar-refractivity contribution < 1.29 is 0 Å². The Morgan fingerprint density at radius 1 is 1.11 bits per heavy atom. The molecule has 1 nitrogen and oxygen atoms in total. The highest BCUT2D eigenvalue weighted by Gasteiger charge is 2.33. The summed E-state index contributed by atoms with van der Waals surface area (Å²) >= 11 is 0. The summed E-state index contributed by atoms with van der Waals surface area (Å²) in [5, 5.41) is 3.72. The molecule has 0 spiro atoms. The van der Waals surface area contributed by atoms with Gasteiger partial charge < -0.3 is 5.32 Å². The first kappa shape index (κ1) is 12.2. The summed E-state index contributed by atoms with van der Waals surface area (Å²) in [4.78, 5) is 0. The Balaban J connectivity index is 1.84. The number of hydrogen-bond donors (Lipinski definition) is 1. The minimum Gasteiger partial charge on any atom is -0.313 e. The van der Waals surface area contributed by atoms with Crippen LogP contribution in [0.2, 0.25) is 0 Å². The van der Waals surface area contributed by atoms with Gasteiger partial charge in [-0.2, -0.15) is 0 Å². The van der Waals surface area contributed by atoms with E-state index in [1.807, 2.05) is 0 Å². The monoisotopic (exact) mass is 243 g/mol. The fourth-order valence-corrected chi connectivity index (χ4v) is 3.51. The fraction of sp³-hybridized carbons (Fsp3) is 0.647. The minimum absolute atomic E-state index is 0.699. The molecule has 1 saturated heterocycles. The maximum absolute atomic E-state index is 3.72. The van der Waals surface area contributed by atoms with E-state index in [0.29, 0.717) is 6.04 Å². The second-order valence-electron chi connectivity index (χ2n) is 6.49. The number of benzene rings is 1. The van der Waals surface area contributed by atoms with Gasteiger partial charge >= 0.3 is 0 Å². The Morgan fingerprint density at radius 3 is 2.50 bits per heavy atom. The van der Waals surface area contributed by atoms with Crippen molar-refractivity contribution in [2.75, 3.05) is 6.54 Å². The van der Waals surface area contributed by atoms with Crippen LogP contribution < -0.4 is 5.32 Å². The van der Waals surface area contributed by atoms with Crippen molar-refractivity contribution in [3.8, 4) is 0 Å². The predicted octanol–water partition coefficient (Wildman–Crippen LogP) is 4.06. The maximum atomic E-state index is 3.72. The quantitative estimate of drug-likeness (QED) is 0.841. The summed E-state index contributed by atoms with van der Waals surface area (Å²) in [5.74, 6) is 2.42. The van der Waals surface area contributed by atoms with E-state index in [1.54, 1.807) is 11.1 Å². The third-order valence-electron chi connectivity index (χ3n) is 4.49. The molecule has 0 bridgehead atoms. The van der Waals surface area contributed by atoms with Crippen molar-refractivity contribution in [1.82, 2.24) is 5.32 Å². The lowest BCUT2D eigenvalue weighted by Crippen LogP contribution is -2.27. The van der Waals surface area contributed by atoms with E-state index in [9.17, 15) is 0 Å². The molecule has 2 aliphatic rings. The molecule has 2 unspecified atom stereocenters. The Kier molecular flexibility index (Phi) is 3.43. The summed E-state index contributed by atoms with van der Waals surface area (Å²) in [7, 11) is 0. The smallest absolute Gasteiger partial charge is 0.0139 e. The van der Waals surface area contributed by atoms with Crippen LogP contribution in [0.4, 0.5) is 0 Å². The Hall–Kier alpha value is -0.820. The van der Waals surface area contributed by atoms with Gasteiger partial charge in [0.1, 0.15) is 0 Å². The van der Waals surface area contributed by atoms with Crippen LogP contribution in [0.5, 0.6) is 0 Å². The van der Waals surface area contributed by atoms with Crippen LogP contribution in [-0.4, -0.2) is 12.6 Å². The zero-order valence-electron chi connectivity index (χ0n) is 11.7. The molecule has 0 radical (unpaired) electrons. The van der Waals surface area contributed by atoms with E-state index in [2.05, 4.69) is 43.4 Å². The van der Waals surface area contributed by atoms with Crippen LogP contribution in [0.25, 0.3) is 0 Å². The minimum atomic E-state index is 0.699. The average Bonchev–Trinajstić information content (AvgIpc) is 3.10. The average molecular weight is 243 g/mol. The second-order valence-corrected chi connectivity index (χ2v) is 6.49. The molecule has 1 N–H and O–H groups in total. The topological polar surface area (TPSA) is 12.0 Å². The van der Waals surface area contributed by atoms with Crippen LogP contribution in [0.15, 0.2) is 24.3 Å². The lowest BCUT2D eigenvalue weighted by atomic mass is 9.84. The zero-order chi connectivity index (χ0) is 12.5. The van der Waals surface area contributed by atoms with E-state index in [0.717, 1.165) is 17.8 Å². The Labute approximate surface area is 111 Å². The first-order valence-electron chi connectivity index (χ1n) is 7.58. The molecule has 1 heteroatoms. The van der Waals surface area contributed by atoms with Crippen molar-refractivity contribution >= 4 is 0 Å². The predicted molar refractivity (Wildman–Crippen MR) is 77.0 cm³/mol. The highest BCUT2D eigenvalue weighted by Crippen LogP contribution is 2.45. The van der Waals surface area contributed by atoms with Gasteiger partial charge in [0.15, 0.2) is 0 Å². The van der Waals surface area contributed by atoms with Gasteiger partial charge in [0, 0.05) is 12.0 Å². The first-order chi connectivity index (χ1) is 8.75. The van der Waals surface area contributed by atoms with Gasteiger partial charge in [-0.25, -0.2) is 0 Å². The first-order valence-corrected chi connectivity index (χ1v) is 7.58. The van der Waals surface area contributed by atoms with Gasteiger partial charge in [-0.05, 0) is 55.2 Å². The van der Waals surface area contributed by atoms with Crippen molar-refractivity contribution in [3.05, 3.63) is 35.4 Å². The van der Waals surface area contributed by atoms with Crippen molar-refractivity contribution in [2.24, 2.45) is 5.92 Å². The molecule has 98 valence electrons. The van der Waals surface area contributed by atoms with Crippen LogP contribution in [0, 0.1) is 5.92 Å². The molecule has 1 saturated carbocycles. The Bertz CT molecular complexity index is 406. The highest BCUT2D eigenvalue weighted by atomic mass is 14.9. The SMILES string of the molecule is CC(C)CC1NCCC1c1ccccc1C1CC1. The van der Waals surface area contributed by atoms with Crippen molar-refractivity contribution in [1.29, 1.82) is 0 Å². The van der Waals surface area contributed by atoms with Gasteiger partial charge in [0.05, 0.1) is 0 Å². The van der Waals surface area contributed by atoms with Crippen LogP contribution in [0.1, 0.15) is 62.5 Å². The Morgan fingerprint density at radius 2 is 1.83 bits per heavy atom. The molecule has 1 aliphatic heterocycles. The van der Waals surface area contributed by atoms with Crippen molar-refractivity contribution in [2.45, 2.75) is 57.4 Å². The largest absolute Gasteiger partial charge is 0.313 e. The zero-order valence-corrected chi connectivity index (χ0v) is 11.7. The molecule has 3 rings (SSSR count). The third-order valence-corrected chi connectivity index (χ3v) is 4.49. The fourth-order valence-electron chi connectivity index (χ4n) is 3.51. The van der Waals surface area contributed by atoms with Gasteiger partial charge in [-0.3, -0.25) is 0 Å². The van der Waals surface area contributed by atoms with Gasteiger partial charge in [-0.1, -0.05) is 38.1 Å². The van der Waals surface area contributed by atoms with Crippen LogP contribution >= 0.6 is 0 Å². The molecular weight excluding hydrogens is 218 g/mol. The molecule has 0 amide bonds. The summed E-state index contributed by atoms with van der Waals surface area (Å²) < 4.78 is 0. The van der Waals surface area contributed by atoms with Gasteiger partial charge in [-0.15, -0.1) is 0 Å². The normalized spacial score (nSPS) is 27.9. The van der Waals surface area contributed by atoms with E-state index >= 15 is 0 Å². The number of nitrogens with one attached hydrogen (secondary N) is 1. The maximum Gasteiger partial charge on any atom is 0.0139 e. The number of hydrogen-bond acceptors (Lipinski definition) is 1. The van der Waals surface area contributed by atoms with Crippen LogP contribution in [-0.2, 0) is 0 Å². The molecule has 1 aliphatic carbocycles. The molecule has 1 heterocycles. The molecule has 18 heavy (non-hydrogen) atoms. The molecule has 2 atom stereocenters. The van der Waals surface area contributed by atoms with E-state index < -0.39 is 0 Å². The molecule has 1 aromatic rings. The van der Waals surface area contributed by atoms with Crippen LogP contribution in [0.3, 0.4) is 0 Å². The molecule has 2 fully saturated rings. The highest BCUT2D eigenvalue weighted by molar-refractivity contribution is 5.37. The third kappa shape index (κ3) is 2.47. The lowest BCUT2D eigenvalue weighted by Gasteiger charge is -2.24. The lowest BCUT2D eigenvalue weighted by molar-refractivity contribution is 0.433. The molecule has 1 aromatic carbocycles. The summed E-state index contributed by atoms with van der Waals surface area (Å²) in [6.45, 7) is 5.87. The molecular formula is C17H25N. The van der Waals surface area contributed by atoms with E-state index in [-0.39, 0.29) is 0 Å². The summed E-state index contributed by atoms with van der Waals surface area (Å²) in [6, 6.07) is 9.91. The van der Waals surface area contributed by atoms with E-state index in [4.69, 9.17) is 0 Å². The standard InChI is InChI=1S/C17H25N/c1-12(2)11-17-16(9-10-18-17)15-6-4-3-5-14(15)13-7-8-13/h3-6,12-13,16-18H,7-11H2,1-2H3. The van der Waals surface area contributed by atoms with Crippen molar-refractivity contribution in [3.63, 3.8) is 0 Å². The molecule has 0 aromatic heterocycles. The van der Waals surface area contributed by atoms with Gasteiger partial charge in [0.2, 0.25) is 0 Å². The van der Waals surface area contributed by atoms with E-state index in [1.165, 1.54) is 32.2 Å². The summed E-state index contributed by atoms with van der Waals surface area (Å²) in [5.41, 5.74) is 3.30. The summed E-state index contributed by atoms with van der Waals surface area (Å²) in [6.07, 6.45) is 5.45. The second kappa shape index (κ2) is 5.05.